The lowest BCUT2D eigenvalue weighted by Crippen LogP contribution is -2.08. The third kappa shape index (κ3) is 3.45. The van der Waals surface area contributed by atoms with Gasteiger partial charge in [0.2, 0.25) is 0 Å². The minimum absolute atomic E-state index is 0.0531. The fourth-order valence-electron chi connectivity index (χ4n) is 1.34. The summed E-state index contributed by atoms with van der Waals surface area (Å²) >= 11 is 7.19. The number of ether oxygens (including phenoxy) is 1. The number of amidine groups is 1. The molecule has 0 radical (unpaired) electrons. The van der Waals surface area contributed by atoms with E-state index >= 15 is 0 Å². The van der Waals surface area contributed by atoms with Crippen molar-refractivity contribution in [3.8, 4) is 5.75 Å². The van der Waals surface area contributed by atoms with Crippen LogP contribution < -0.4 is 10.5 Å². The molecule has 2 aromatic rings. The number of nitrogens with zero attached hydrogens (tertiary/aromatic N) is 1. The van der Waals surface area contributed by atoms with E-state index in [1.165, 1.54) is 11.3 Å². The molecule has 4 nitrogen and oxygen atoms in total. The zero-order chi connectivity index (χ0) is 13.0. The van der Waals surface area contributed by atoms with Gasteiger partial charge in [-0.2, -0.15) is 0 Å². The van der Waals surface area contributed by atoms with Crippen LogP contribution in [0.5, 0.6) is 5.75 Å². The fourth-order valence-corrected chi connectivity index (χ4v) is 2.22. The molecular formula is C12H12ClN3OS. The van der Waals surface area contributed by atoms with Gasteiger partial charge < -0.3 is 10.5 Å². The molecule has 1 aromatic heterocycles. The van der Waals surface area contributed by atoms with Gasteiger partial charge in [-0.3, -0.25) is 5.41 Å². The molecule has 18 heavy (non-hydrogen) atoms. The van der Waals surface area contributed by atoms with Gasteiger partial charge in [0.1, 0.15) is 11.6 Å². The lowest BCUT2D eigenvalue weighted by molar-refractivity contribution is 0.322. The van der Waals surface area contributed by atoms with Gasteiger partial charge in [-0.25, -0.2) is 4.98 Å². The molecule has 0 saturated heterocycles. The summed E-state index contributed by atoms with van der Waals surface area (Å²) in [7, 11) is 0. The maximum Gasteiger partial charge on any atom is 0.134 e. The predicted octanol–water partition coefficient (Wildman–Crippen LogP) is 2.70. The first-order chi connectivity index (χ1) is 8.65. The van der Waals surface area contributed by atoms with Crippen LogP contribution in [0.25, 0.3) is 0 Å². The molecule has 94 valence electrons. The molecule has 6 heteroatoms. The normalized spacial score (nSPS) is 10.3. The van der Waals surface area contributed by atoms with Crippen LogP contribution >= 0.6 is 22.9 Å². The highest BCUT2D eigenvalue weighted by Crippen LogP contribution is 2.17. The van der Waals surface area contributed by atoms with Crippen LogP contribution in [0.2, 0.25) is 5.02 Å². The van der Waals surface area contributed by atoms with E-state index in [-0.39, 0.29) is 5.84 Å². The Hall–Kier alpha value is -1.59. The lowest BCUT2D eigenvalue weighted by atomic mass is 10.3. The number of thiazole rings is 1. The number of benzene rings is 1. The first kappa shape index (κ1) is 12.9. The maximum absolute atomic E-state index is 7.28. The van der Waals surface area contributed by atoms with Crippen molar-refractivity contribution in [2.24, 2.45) is 5.73 Å². The topological polar surface area (TPSA) is 72.0 Å². The van der Waals surface area contributed by atoms with Gasteiger partial charge in [0.15, 0.2) is 0 Å². The first-order valence-electron chi connectivity index (χ1n) is 5.32. The number of hydrogen-bond acceptors (Lipinski definition) is 4. The minimum Gasteiger partial charge on any atom is -0.493 e. The third-order valence-electron chi connectivity index (χ3n) is 2.22. The summed E-state index contributed by atoms with van der Waals surface area (Å²) < 4.78 is 5.56. The summed E-state index contributed by atoms with van der Waals surface area (Å²) in [5.74, 6) is 0.833. The maximum atomic E-state index is 7.28. The molecule has 0 atom stereocenters. The zero-order valence-corrected chi connectivity index (χ0v) is 11.1. The van der Waals surface area contributed by atoms with Gasteiger partial charge in [-0.05, 0) is 24.3 Å². The summed E-state index contributed by atoms with van der Waals surface area (Å²) in [6.07, 6.45) is 2.31. The average molecular weight is 282 g/mol. The molecular weight excluding hydrogens is 270 g/mol. The number of aromatic nitrogens is 1. The molecule has 0 unspecified atom stereocenters. The van der Waals surface area contributed by atoms with Crippen molar-refractivity contribution in [3.05, 3.63) is 45.4 Å². The Morgan fingerprint density at radius 2 is 2.11 bits per heavy atom. The molecule has 3 N–H and O–H groups in total. The molecule has 1 aromatic carbocycles. The molecule has 0 amide bonds. The number of nitrogens with two attached hydrogens (primary N) is 1. The van der Waals surface area contributed by atoms with Crippen LogP contribution in [-0.4, -0.2) is 17.4 Å². The van der Waals surface area contributed by atoms with Gasteiger partial charge in [0, 0.05) is 17.6 Å². The van der Waals surface area contributed by atoms with Gasteiger partial charge in [-0.15, -0.1) is 11.3 Å². The van der Waals surface area contributed by atoms with Crippen LogP contribution in [0.4, 0.5) is 0 Å². The van der Waals surface area contributed by atoms with E-state index < -0.39 is 0 Å². The minimum atomic E-state index is 0.0531. The fraction of sp³-hybridized carbons (Fsp3) is 0.167. The van der Waals surface area contributed by atoms with E-state index in [4.69, 9.17) is 27.5 Å². The molecule has 0 saturated carbocycles. The van der Waals surface area contributed by atoms with Crippen LogP contribution in [0.1, 0.15) is 9.88 Å². The Bertz CT molecular complexity index is 539. The summed E-state index contributed by atoms with van der Waals surface area (Å²) in [4.78, 5) is 4.87. The second-order valence-electron chi connectivity index (χ2n) is 3.58. The van der Waals surface area contributed by atoms with E-state index in [9.17, 15) is 0 Å². The van der Waals surface area contributed by atoms with Gasteiger partial charge in [-0.1, -0.05) is 11.6 Å². The van der Waals surface area contributed by atoms with E-state index in [1.807, 2.05) is 12.1 Å². The van der Waals surface area contributed by atoms with Crippen molar-refractivity contribution < 1.29 is 4.74 Å². The molecule has 0 spiro atoms. The molecule has 1 heterocycles. The quantitative estimate of drug-likeness (QED) is 0.654. The summed E-state index contributed by atoms with van der Waals surface area (Å²) in [5, 5.41) is 8.88. The van der Waals surface area contributed by atoms with Crippen molar-refractivity contribution in [2.75, 3.05) is 6.61 Å². The van der Waals surface area contributed by atoms with Crippen molar-refractivity contribution in [1.82, 2.24) is 4.98 Å². The van der Waals surface area contributed by atoms with Gasteiger partial charge in [0.05, 0.1) is 16.5 Å². The van der Waals surface area contributed by atoms with Crippen molar-refractivity contribution in [1.29, 1.82) is 5.41 Å². The summed E-state index contributed by atoms with van der Waals surface area (Å²) in [5.41, 5.74) is 5.37. The molecule has 0 aliphatic rings. The Kier molecular flexibility index (Phi) is 4.17. The second-order valence-corrected chi connectivity index (χ2v) is 5.14. The highest BCUT2D eigenvalue weighted by molar-refractivity contribution is 7.13. The largest absolute Gasteiger partial charge is 0.493 e. The van der Waals surface area contributed by atoms with E-state index in [0.717, 1.165) is 10.8 Å². The van der Waals surface area contributed by atoms with Crippen molar-refractivity contribution in [2.45, 2.75) is 6.42 Å². The Labute approximate surface area is 114 Å². The highest BCUT2D eigenvalue weighted by atomic mass is 35.5. The van der Waals surface area contributed by atoms with Gasteiger partial charge in [0.25, 0.3) is 0 Å². The first-order valence-corrected chi connectivity index (χ1v) is 6.52. The molecule has 2 rings (SSSR count). The standard InChI is InChI=1S/C12H12ClN3OS/c13-8-1-3-9(4-2-8)17-6-5-11-16-7-10(18-11)12(14)15/h1-4,7H,5-6H2,(H3,14,15). The Morgan fingerprint density at radius 1 is 1.39 bits per heavy atom. The molecule has 0 fully saturated rings. The summed E-state index contributed by atoms with van der Waals surface area (Å²) in [6.45, 7) is 0.534. The molecule has 0 aliphatic heterocycles. The number of hydrogen-bond donors (Lipinski definition) is 2. The Morgan fingerprint density at radius 3 is 2.72 bits per heavy atom. The van der Waals surface area contributed by atoms with Crippen LogP contribution in [0.3, 0.4) is 0 Å². The Balaban J connectivity index is 1.84. The number of nitrogen functional groups attached to an aromatic ring is 1. The molecule has 0 aliphatic carbocycles. The monoisotopic (exact) mass is 281 g/mol. The SMILES string of the molecule is N=C(N)c1cnc(CCOc2ccc(Cl)cc2)s1. The highest BCUT2D eigenvalue weighted by Gasteiger charge is 2.04. The van der Waals surface area contributed by atoms with Crippen LogP contribution in [-0.2, 0) is 6.42 Å². The zero-order valence-electron chi connectivity index (χ0n) is 9.52. The smallest absolute Gasteiger partial charge is 0.134 e. The number of halogens is 1. The number of nitrogens with one attached hydrogen (secondary N) is 1. The average Bonchev–Trinajstić information content (AvgIpc) is 2.81. The number of rotatable bonds is 5. The van der Waals surface area contributed by atoms with Crippen molar-refractivity contribution >= 4 is 28.8 Å². The molecule has 0 bridgehead atoms. The van der Waals surface area contributed by atoms with Crippen LogP contribution in [0.15, 0.2) is 30.5 Å². The predicted molar refractivity (Wildman–Crippen MR) is 73.8 cm³/mol. The van der Waals surface area contributed by atoms with Gasteiger partial charge >= 0.3 is 0 Å². The lowest BCUT2D eigenvalue weighted by Gasteiger charge is -2.04. The third-order valence-corrected chi connectivity index (χ3v) is 3.56. The van der Waals surface area contributed by atoms with Crippen molar-refractivity contribution in [3.63, 3.8) is 0 Å². The van der Waals surface area contributed by atoms with E-state index in [0.29, 0.717) is 22.9 Å². The second kappa shape index (κ2) is 5.84. The van der Waals surface area contributed by atoms with E-state index in [1.54, 1.807) is 18.3 Å². The van der Waals surface area contributed by atoms with E-state index in [2.05, 4.69) is 4.98 Å². The van der Waals surface area contributed by atoms with Crippen LogP contribution in [0, 0.1) is 5.41 Å². The summed E-state index contributed by atoms with van der Waals surface area (Å²) in [6, 6.07) is 7.22.